The fourth-order valence-electron chi connectivity index (χ4n) is 3.68. The van der Waals surface area contributed by atoms with E-state index in [9.17, 15) is 14.0 Å². The van der Waals surface area contributed by atoms with Gasteiger partial charge in [0.2, 0.25) is 0 Å². The average Bonchev–Trinajstić information content (AvgIpc) is 3.36. The zero-order chi connectivity index (χ0) is 19.7. The standard InChI is InChI=1S/C21H22FN3O2Se/c1-13-17(20(26)23-6-9-25-7-2-3-8-25)11-15(28-13)12-18-16-5-4-14(22)10-19(16)24-21(18)27/h4-5,10-12H,2-3,6-9H2,1H3,(H,23,26)(H,24,27). The van der Waals surface area contributed by atoms with E-state index >= 15 is 0 Å². The van der Waals surface area contributed by atoms with Crippen molar-refractivity contribution in [3.8, 4) is 0 Å². The molecule has 3 heterocycles. The average molecular weight is 446 g/mol. The summed E-state index contributed by atoms with van der Waals surface area (Å²) >= 11 is -0.00229. The van der Waals surface area contributed by atoms with Gasteiger partial charge < -0.3 is 0 Å². The fourth-order valence-corrected chi connectivity index (χ4v) is 5.72. The molecule has 0 atom stereocenters. The van der Waals surface area contributed by atoms with Gasteiger partial charge in [0.1, 0.15) is 0 Å². The summed E-state index contributed by atoms with van der Waals surface area (Å²) in [5.74, 6) is -0.668. The topological polar surface area (TPSA) is 61.4 Å². The molecular formula is C21H22FN3O2Se. The Morgan fingerprint density at radius 2 is 2.11 bits per heavy atom. The molecule has 2 aliphatic rings. The monoisotopic (exact) mass is 447 g/mol. The van der Waals surface area contributed by atoms with Crippen LogP contribution in [-0.2, 0) is 4.79 Å². The molecule has 7 heteroatoms. The molecule has 0 radical (unpaired) electrons. The minimum absolute atomic E-state index is 0.00229. The Labute approximate surface area is 169 Å². The molecule has 2 N–H and O–H groups in total. The Morgan fingerprint density at radius 3 is 2.89 bits per heavy atom. The molecule has 0 unspecified atom stereocenters. The van der Waals surface area contributed by atoms with Crippen molar-refractivity contribution in [2.45, 2.75) is 19.8 Å². The number of anilines is 1. The summed E-state index contributed by atoms with van der Waals surface area (Å²) in [5.41, 5.74) is 2.41. The molecule has 1 fully saturated rings. The van der Waals surface area contributed by atoms with Crippen LogP contribution in [0.1, 0.15) is 37.6 Å². The van der Waals surface area contributed by atoms with Crippen LogP contribution in [0.25, 0.3) is 11.6 Å². The second-order valence-electron chi connectivity index (χ2n) is 7.13. The van der Waals surface area contributed by atoms with Crippen molar-refractivity contribution >= 4 is 43.7 Å². The number of aryl methyl sites for hydroxylation is 1. The van der Waals surface area contributed by atoms with Crippen LogP contribution in [0.3, 0.4) is 0 Å². The Balaban J connectivity index is 1.48. The van der Waals surface area contributed by atoms with Crippen LogP contribution in [0.15, 0.2) is 24.3 Å². The van der Waals surface area contributed by atoms with E-state index in [1.54, 1.807) is 6.07 Å². The number of nitrogens with zero attached hydrogens (tertiary/aromatic N) is 1. The number of amides is 2. The molecule has 1 aromatic carbocycles. The third-order valence-electron chi connectivity index (χ3n) is 5.14. The SMILES string of the molecule is Cc1[se]c(C=C2C(=O)Nc3cc(F)ccc32)cc1C(=O)NCCN1CCCC1. The van der Waals surface area contributed by atoms with Crippen LogP contribution >= 0.6 is 0 Å². The van der Waals surface area contributed by atoms with E-state index in [-0.39, 0.29) is 32.1 Å². The van der Waals surface area contributed by atoms with E-state index in [4.69, 9.17) is 0 Å². The number of carbonyl (C=O) groups is 2. The number of fused-ring (bicyclic) bond motifs is 1. The number of hydrogen-bond donors (Lipinski definition) is 2. The third kappa shape index (κ3) is 3.97. The summed E-state index contributed by atoms with van der Waals surface area (Å²) in [4.78, 5) is 27.2. The minimum atomic E-state index is -0.380. The van der Waals surface area contributed by atoms with Crippen LogP contribution in [0, 0.1) is 12.7 Å². The van der Waals surface area contributed by atoms with Gasteiger partial charge in [-0.05, 0) is 0 Å². The summed E-state index contributed by atoms with van der Waals surface area (Å²) in [6.07, 6.45) is 4.31. The summed E-state index contributed by atoms with van der Waals surface area (Å²) in [6, 6.07) is 6.17. The van der Waals surface area contributed by atoms with Crippen molar-refractivity contribution in [3.63, 3.8) is 0 Å². The van der Waals surface area contributed by atoms with Crippen LogP contribution in [0.5, 0.6) is 0 Å². The van der Waals surface area contributed by atoms with E-state index in [1.165, 1.54) is 25.0 Å². The number of hydrogen-bond acceptors (Lipinski definition) is 3. The summed E-state index contributed by atoms with van der Waals surface area (Å²) < 4.78 is 15.4. The molecule has 2 amide bonds. The normalized spacial score (nSPS) is 17.8. The van der Waals surface area contributed by atoms with Crippen LogP contribution in [-0.4, -0.2) is 57.4 Å². The first kappa shape index (κ1) is 19.1. The maximum absolute atomic E-state index is 13.4. The van der Waals surface area contributed by atoms with Crippen LogP contribution < -0.4 is 10.6 Å². The molecule has 0 aliphatic carbocycles. The van der Waals surface area contributed by atoms with Crippen molar-refractivity contribution in [1.82, 2.24) is 10.2 Å². The first-order chi connectivity index (χ1) is 13.5. The van der Waals surface area contributed by atoms with Gasteiger partial charge in [0.15, 0.2) is 0 Å². The molecular weight excluding hydrogens is 424 g/mol. The van der Waals surface area contributed by atoms with E-state index in [0.717, 1.165) is 28.5 Å². The number of halogens is 1. The Morgan fingerprint density at radius 1 is 1.32 bits per heavy atom. The zero-order valence-corrected chi connectivity index (χ0v) is 17.4. The number of nitrogens with one attached hydrogen (secondary N) is 2. The van der Waals surface area contributed by atoms with E-state index in [2.05, 4.69) is 15.5 Å². The van der Waals surface area contributed by atoms with Gasteiger partial charge in [-0.25, -0.2) is 0 Å². The molecule has 0 bridgehead atoms. The van der Waals surface area contributed by atoms with E-state index in [1.807, 2.05) is 19.1 Å². The van der Waals surface area contributed by atoms with Crippen LogP contribution in [0.4, 0.5) is 10.1 Å². The predicted molar refractivity (Wildman–Crippen MR) is 109 cm³/mol. The molecule has 2 aromatic rings. The van der Waals surface area contributed by atoms with Gasteiger partial charge in [-0.15, -0.1) is 0 Å². The first-order valence-electron chi connectivity index (χ1n) is 9.45. The van der Waals surface area contributed by atoms with Crippen molar-refractivity contribution in [2.24, 2.45) is 0 Å². The van der Waals surface area contributed by atoms with Crippen molar-refractivity contribution in [2.75, 3.05) is 31.5 Å². The zero-order valence-electron chi connectivity index (χ0n) is 15.7. The van der Waals surface area contributed by atoms with Gasteiger partial charge in [0.25, 0.3) is 0 Å². The van der Waals surface area contributed by atoms with Gasteiger partial charge in [-0.3, -0.25) is 0 Å². The van der Waals surface area contributed by atoms with Crippen molar-refractivity contribution in [3.05, 3.63) is 50.1 Å². The van der Waals surface area contributed by atoms with E-state index in [0.29, 0.717) is 28.9 Å². The number of rotatable bonds is 5. The molecule has 0 saturated carbocycles. The Bertz CT molecular complexity index is 961. The van der Waals surface area contributed by atoms with Gasteiger partial charge in [-0.1, -0.05) is 0 Å². The predicted octanol–water partition coefficient (Wildman–Crippen LogP) is 2.51. The van der Waals surface area contributed by atoms with Gasteiger partial charge in [0, 0.05) is 0 Å². The van der Waals surface area contributed by atoms with Crippen molar-refractivity contribution < 1.29 is 14.0 Å². The molecule has 146 valence electrons. The number of carbonyl (C=O) groups excluding carboxylic acids is 2. The second-order valence-corrected chi connectivity index (χ2v) is 9.83. The number of benzene rings is 1. The summed E-state index contributed by atoms with van der Waals surface area (Å²) in [6.45, 7) is 5.73. The van der Waals surface area contributed by atoms with Crippen LogP contribution in [0.2, 0.25) is 0 Å². The molecule has 1 aromatic heterocycles. The number of likely N-dealkylation sites (tertiary alicyclic amines) is 1. The molecule has 0 spiro atoms. The van der Waals surface area contributed by atoms with Gasteiger partial charge in [0.05, 0.1) is 0 Å². The summed E-state index contributed by atoms with van der Waals surface area (Å²) in [5, 5.41) is 5.71. The van der Waals surface area contributed by atoms with Gasteiger partial charge in [-0.2, -0.15) is 0 Å². The summed E-state index contributed by atoms with van der Waals surface area (Å²) in [7, 11) is 0. The van der Waals surface area contributed by atoms with Crippen molar-refractivity contribution in [1.29, 1.82) is 0 Å². The third-order valence-corrected chi connectivity index (χ3v) is 7.24. The first-order valence-corrected chi connectivity index (χ1v) is 11.2. The molecule has 4 rings (SSSR count). The van der Waals surface area contributed by atoms with E-state index < -0.39 is 0 Å². The fraction of sp³-hybridized carbons (Fsp3) is 0.333. The Kier molecular flexibility index (Phi) is 5.49. The quantitative estimate of drug-likeness (QED) is 0.548. The maximum atomic E-state index is 13.4. The molecule has 28 heavy (non-hydrogen) atoms. The Hall–Kier alpha value is -2.21. The second kappa shape index (κ2) is 8.03. The molecule has 1 saturated heterocycles. The molecule has 2 aliphatic heterocycles. The molecule has 5 nitrogen and oxygen atoms in total. The van der Waals surface area contributed by atoms with Gasteiger partial charge >= 0.3 is 169 Å².